The van der Waals surface area contributed by atoms with Crippen LogP contribution in [0.3, 0.4) is 0 Å². The van der Waals surface area contributed by atoms with Crippen LogP contribution in [0.25, 0.3) is 0 Å². The van der Waals surface area contributed by atoms with Crippen molar-refractivity contribution in [2.24, 2.45) is 0 Å². The Balaban J connectivity index is 0.000000145. The Kier molecular flexibility index (Phi) is 10.6. The minimum atomic E-state index is -2.36. The van der Waals surface area contributed by atoms with Crippen molar-refractivity contribution in [1.29, 1.82) is 0 Å². The Morgan fingerprint density at radius 3 is 1.31 bits per heavy atom. The fraction of sp³-hybridized carbons (Fsp3) is 0.600. The summed E-state index contributed by atoms with van der Waals surface area (Å²) < 4.78 is 0. The van der Waals surface area contributed by atoms with Crippen LogP contribution in [0.1, 0.15) is 62.5 Å². The van der Waals surface area contributed by atoms with Crippen LogP contribution in [0, 0.1) is 0 Å². The molecule has 4 atom stereocenters. The lowest BCUT2D eigenvalue weighted by Crippen LogP contribution is -2.49. The molecule has 0 aromatic carbocycles. The highest BCUT2D eigenvalue weighted by Crippen LogP contribution is 2.40. The van der Waals surface area contributed by atoms with Gasteiger partial charge in [-0.15, -0.1) is 0 Å². The minimum Gasteiger partial charge on any atom is -0.479 e. The third-order valence-electron chi connectivity index (χ3n) is 8.94. The molecular formula is C30H42N4O8. The standard InChI is InChI=1S/2C12H16N2.C6H10O8/c2*1-2-10(9-13-7-1)8-12-5-3-11(14-12)4-6-12;7-1(3(9)5(11)12)2(8)4(10)6(13)14/h2*1-2,7,9,11,14H,3-6,8H2;1-4,7-10H,(H,11,12)(H,13,14)/t;;1-,2+,3+,4-. The number of aliphatic carboxylic acids is 2. The molecule has 0 amide bonds. The zero-order chi connectivity index (χ0) is 30.3. The molecule has 230 valence electrons. The maximum atomic E-state index is 10.1. The van der Waals surface area contributed by atoms with Crippen molar-refractivity contribution in [3.8, 4) is 0 Å². The summed E-state index contributed by atoms with van der Waals surface area (Å²) in [5, 5.41) is 59.0. The van der Waals surface area contributed by atoms with E-state index in [4.69, 9.17) is 30.6 Å². The molecule has 12 heteroatoms. The Morgan fingerprint density at radius 2 is 1.07 bits per heavy atom. The molecule has 8 N–H and O–H groups in total. The lowest BCUT2D eigenvalue weighted by atomic mass is 9.83. The molecule has 0 saturated carbocycles. The Bertz CT molecular complexity index is 1060. The van der Waals surface area contributed by atoms with Crippen molar-refractivity contribution in [3.05, 3.63) is 60.2 Å². The summed E-state index contributed by atoms with van der Waals surface area (Å²) >= 11 is 0. The monoisotopic (exact) mass is 586 g/mol. The van der Waals surface area contributed by atoms with Crippen molar-refractivity contribution in [3.63, 3.8) is 0 Å². The highest BCUT2D eigenvalue weighted by molar-refractivity contribution is 5.75. The second-order valence-electron chi connectivity index (χ2n) is 12.0. The van der Waals surface area contributed by atoms with E-state index in [0.717, 1.165) is 24.9 Å². The van der Waals surface area contributed by atoms with Crippen LogP contribution in [0.4, 0.5) is 0 Å². The summed E-state index contributed by atoms with van der Waals surface area (Å²) in [5.74, 6) is -3.68. The molecule has 2 aromatic rings. The molecule has 42 heavy (non-hydrogen) atoms. The van der Waals surface area contributed by atoms with Crippen molar-refractivity contribution < 1.29 is 40.2 Å². The number of nitrogens with one attached hydrogen (secondary N) is 2. The first-order valence-corrected chi connectivity index (χ1v) is 14.5. The van der Waals surface area contributed by atoms with E-state index in [1.165, 1.54) is 62.5 Å². The van der Waals surface area contributed by atoms with Gasteiger partial charge in [0.2, 0.25) is 0 Å². The largest absolute Gasteiger partial charge is 0.479 e. The number of aromatic nitrogens is 2. The summed E-state index contributed by atoms with van der Waals surface area (Å²) in [5.41, 5.74) is 3.60. The van der Waals surface area contributed by atoms with E-state index in [-0.39, 0.29) is 0 Å². The molecule has 4 aliphatic rings. The molecule has 4 fully saturated rings. The summed E-state index contributed by atoms with van der Waals surface area (Å²) in [6.07, 6.45) is 11.7. The van der Waals surface area contributed by atoms with Crippen LogP contribution in [-0.4, -0.2) is 100 Å². The maximum absolute atomic E-state index is 10.1. The lowest BCUT2D eigenvalue weighted by Gasteiger charge is -2.25. The molecule has 4 aliphatic heterocycles. The summed E-state index contributed by atoms with van der Waals surface area (Å²) in [6.45, 7) is 0. The van der Waals surface area contributed by atoms with Crippen molar-refractivity contribution in [2.45, 2.75) is 112 Å². The first-order chi connectivity index (χ1) is 20.0. The van der Waals surface area contributed by atoms with Gasteiger partial charge in [0.25, 0.3) is 0 Å². The predicted molar refractivity (Wildman–Crippen MR) is 151 cm³/mol. The molecule has 4 bridgehead atoms. The van der Waals surface area contributed by atoms with Gasteiger partial charge in [-0.2, -0.15) is 0 Å². The number of pyridine rings is 2. The Hall–Kier alpha value is -3.00. The van der Waals surface area contributed by atoms with E-state index in [1.807, 2.05) is 36.9 Å². The molecule has 0 radical (unpaired) electrons. The van der Waals surface area contributed by atoms with Crippen molar-refractivity contribution >= 4 is 11.9 Å². The number of rotatable bonds is 9. The highest BCUT2D eigenvalue weighted by atomic mass is 16.4. The van der Waals surface area contributed by atoms with E-state index in [1.54, 1.807) is 0 Å². The summed E-state index contributed by atoms with van der Waals surface area (Å²) in [4.78, 5) is 28.5. The van der Waals surface area contributed by atoms with Crippen LogP contribution in [0.15, 0.2) is 49.1 Å². The second-order valence-corrected chi connectivity index (χ2v) is 12.0. The quantitative estimate of drug-likeness (QED) is 0.201. The first kappa shape index (κ1) is 31.9. The average Bonchev–Trinajstić information content (AvgIpc) is 3.79. The second kappa shape index (κ2) is 14.0. The number of fused-ring (bicyclic) bond motifs is 4. The third kappa shape index (κ3) is 8.09. The number of nitrogens with zero attached hydrogens (tertiary/aromatic N) is 2. The number of carboxylic acid groups (broad SMARTS) is 2. The molecule has 0 aliphatic carbocycles. The summed E-state index contributed by atoms with van der Waals surface area (Å²) in [7, 11) is 0. The van der Waals surface area contributed by atoms with Crippen LogP contribution in [-0.2, 0) is 22.4 Å². The van der Waals surface area contributed by atoms with Crippen molar-refractivity contribution in [2.75, 3.05) is 0 Å². The van der Waals surface area contributed by atoms with E-state index in [0.29, 0.717) is 11.1 Å². The summed E-state index contributed by atoms with van der Waals surface area (Å²) in [6, 6.07) is 10.1. The van der Waals surface area contributed by atoms with Gasteiger partial charge in [0.05, 0.1) is 0 Å². The molecule has 12 nitrogen and oxygen atoms in total. The minimum absolute atomic E-state index is 0.424. The van der Waals surface area contributed by atoms with Gasteiger partial charge in [0.15, 0.2) is 12.2 Å². The number of aliphatic hydroxyl groups is 4. The number of hydrogen-bond donors (Lipinski definition) is 8. The van der Waals surface area contributed by atoms with Gasteiger partial charge in [0.1, 0.15) is 12.2 Å². The van der Waals surface area contributed by atoms with Crippen LogP contribution in [0.2, 0.25) is 0 Å². The van der Waals surface area contributed by atoms with E-state index >= 15 is 0 Å². The van der Waals surface area contributed by atoms with E-state index < -0.39 is 36.4 Å². The zero-order valence-corrected chi connectivity index (χ0v) is 23.5. The fourth-order valence-electron chi connectivity index (χ4n) is 6.69. The van der Waals surface area contributed by atoms with Gasteiger partial charge >= 0.3 is 11.9 Å². The molecule has 4 saturated heterocycles. The van der Waals surface area contributed by atoms with Gasteiger partial charge in [-0.05, 0) is 87.5 Å². The molecule has 6 heterocycles. The van der Waals surface area contributed by atoms with Gasteiger partial charge in [-0.25, -0.2) is 9.59 Å². The SMILES string of the molecule is O=C(O)[C@@H](O)[C@H](O)[C@H](O)[C@@H](O)C(=O)O.c1cncc(CC23CCC(CC2)N3)c1.c1cncc(CC23CCC(CC2)N3)c1. The average molecular weight is 587 g/mol. The van der Waals surface area contributed by atoms with Gasteiger partial charge < -0.3 is 41.3 Å². The molecular weight excluding hydrogens is 544 g/mol. The zero-order valence-electron chi connectivity index (χ0n) is 23.5. The fourth-order valence-corrected chi connectivity index (χ4v) is 6.69. The Morgan fingerprint density at radius 1 is 0.714 bits per heavy atom. The van der Waals surface area contributed by atoms with Gasteiger partial charge in [-0.3, -0.25) is 9.97 Å². The molecule has 2 aromatic heterocycles. The first-order valence-electron chi connectivity index (χ1n) is 14.5. The lowest BCUT2D eigenvalue weighted by molar-refractivity contribution is -0.172. The number of carbonyl (C=O) groups is 2. The van der Waals surface area contributed by atoms with Gasteiger partial charge in [-0.1, -0.05) is 12.1 Å². The van der Waals surface area contributed by atoms with Crippen LogP contribution in [0.5, 0.6) is 0 Å². The van der Waals surface area contributed by atoms with Crippen LogP contribution >= 0.6 is 0 Å². The maximum Gasteiger partial charge on any atom is 0.335 e. The Labute approximate surface area is 244 Å². The van der Waals surface area contributed by atoms with Gasteiger partial charge in [0, 0.05) is 47.9 Å². The van der Waals surface area contributed by atoms with Crippen LogP contribution < -0.4 is 10.6 Å². The molecule has 0 unspecified atom stereocenters. The predicted octanol–water partition coefficient (Wildman–Crippen LogP) is 0.417. The number of aliphatic hydroxyl groups excluding tert-OH is 4. The topological polar surface area (TPSA) is 205 Å². The highest BCUT2D eigenvalue weighted by Gasteiger charge is 2.45. The van der Waals surface area contributed by atoms with E-state index in [2.05, 4.69) is 32.7 Å². The number of carboxylic acids is 2. The smallest absolute Gasteiger partial charge is 0.335 e. The van der Waals surface area contributed by atoms with E-state index in [9.17, 15) is 9.59 Å². The molecule has 6 rings (SSSR count). The third-order valence-corrected chi connectivity index (χ3v) is 8.94. The number of hydrogen-bond acceptors (Lipinski definition) is 10. The molecule has 0 spiro atoms. The normalized spacial score (nSPS) is 29.8. The van der Waals surface area contributed by atoms with Crippen molar-refractivity contribution in [1.82, 2.24) is 20.6 Å².